The Labute approximate surface area is 150 Å². The number of amides is 1. The number of nitrogens with zero attached hydrogens (tertiary/aromatic N) is 2. The van der Waals surface area contributed by atoms with Crippen LogP contribution < -0.4 is 4.74 Å². The van der Waals surface area contributed by atoms with Crippen LogP contribution in [0.25, 0.3) is 0 Å². The molecule has 0 saturated carbocycles. The van der Waals surface area contributed by atoms with Crippen LogP contribution in [0.4, 0.5) is 5.69 Å². The van der Waals surface area contributed by atoms with Gasteiger partial charge in [-0.05, 0) is 25.8 Å². The minimum Gasteiger partial charge on any atom is -0.496 e. The average molecular weight is 366 g/mol. The molecular weight excluding hydrogens is 344 g/mol. The molecule has 9 heteroatoms. The van der Waals surface area contributed by atoms with E-state index in [-0.39, 0.29) is 30.2 Å². The lowest BCUT2D eigenvalue weighted by Crippen LogP contribution is -2.52. The molecule has 1 aromatic carbocycles. The van der Waals surface area contributed by atoms with Gasteiger partial charge in [0.05, 0.1) is 29.8 Å². The monoisotopic (exact) mass is 366 g/mol. The van der Waals surface area contributed by atoms with Gasteiger partial charge in [-0.15, -0.1) is 0 Å². The molecule has 1 aliphatic rings. The minimum atomic E-state index is -1.18. The van der Waals surface area contributed by atoms with E-state index < -0.39 is 22.2 Å². The van der Waals surface area contributed by atoms with Crippen molar-refractivity contribution in [3.05, 3.63) is 33.4 Å². The van der Waals surface area contributed by atoms with Crippen LogP contribution in [0.3, 0.4) is 0 Å². The zero-order valence-corrected chi connectivity index (χ0v) is 15.0. The standard InChI is InChI=1S/C17H22N2O7/c1-11-13(19(23)24)7-12(8-14(11)26-3)15(20)18-6-4-5-17(9-18,10-25-2)16(21)22/h7-8H,4-6,9-10H2,1-3H3,(H,21,22). The summed E-state index contributed by atoms with van der Waals surface area (Å²) < 4.78 is 10.2. The Morgan fingerprint density at radius 1 is 1.38 bits per heavy atom. The van der Waals surface area contributed by atoms with E-state index in [1.165, 1.54) is 31.3 Å². The zero-order chi connectivity index (χ0) is 19.5. The number of hydrogen-bond acceptors (Lipinski definition) is 6. The molecule has 1 aromatic rings. The van der Waals surface area contributed by atoms with E-state index in [0.717, 1.165) is 0 Å². The zero-order valence-electron chi connectivity index (χ0n) is 15.0. The number of methoxy groups -OCH3 is 2. The third-order valence-electron chi connectivity index (χ3n) is 4.73. The van der Waals surface area contributed by atoms with Crippen molar-refractivity contribution in [2.75, 3.05) is 33.9 Å². The normalized spacial score (nSPS) is 19.9. The van der Waals surface area contributed by atoms with Crippen LogP contribution in [0.5, 0.6) is 5.75 Å². The highest BCUT2D eigenvalue weighted by Gasteiger charge is 2.44. The SMILES string of the molecule is COCC1(C(=O)O)CCCN(C(=O)c2cc(OC)c(C)c([N+](=O)[O-])c2)C1. The van der Waals surface area contributed by atoms with E-state index in [9.17, 15) is 24.8 Å². The molecule has 9 nitrogen and oxygen atoms in total. The fraction of sp³-hybridized carbons (Fsp3) is 0.529. The minimum absolute atomic E-state index is 0.0104. The van der Waals surface area contributed by atoms with Crippen molar-refractivity contribution in [2.24, 2.45) is 5.41 Å². The fourth-order valence-corrected chi connectivity index (χ4v) is 3.32. The second kappa shape index (κ2) is 7.69. The summed E-state index contributed by atoms with van der Waals surface area (Å²) in [5.41, 5.74) is -0.973. The molecule has 1 fully saturated rings. The number of piperidine rings is 1. The summed E-state index contributed by atoms with van der Waals surface area (Å²) in [5, 5.41) is 20.8. The van der Waals surface area contributed by atoms with Gasteiger partial charge in [-0.25, -0.2) is 0 Å². The Morgan fingerprint density at radius 2 is 2.08 bits per heavy atom. The summed E-state index contributed by atoms with van der Waals surface area (Å²) in [6.07, 6.45) is 0.907. The molecule has 0 aromatic heterocycles. The number of rotatable bonds is 6. The number of ether oxygens (including phenoxy) is 2. The molecule has 142 valence electrons. The first-order valence-corrected chi connectivity index (χ1v) is 8.10. The summed E-state index contributed by atoms with van der Waals surface area (Å²) in [7, 11) is 2.79. The van der Waals surface area contributed by atoms with Gasteiger partial charge in [0.1, 0.15) is 11.2 Å². The smallest absolute Gasteiger partial charge is 0.313 e. The number of hydrogen-bond donors (Lipinski definition) is 1. The Bertz CT molecular complexity index is 730. The highest BCUT2D eigenvalue weighted by molar-refractivity contribution is 5.96. The lowest BCUT2D eigenvalue weighted by Gasteiger charge is -2.39. The molecule has 0 aliphatic carbocycles. The summed E-state index contributed by atoms with van der Waals surface area (Å²) in [6.45, 7) is 1.89. The summed E-state index contributed by atoms with van der Waals surface area (Å²) >= 11 is 0. The number of benzene rings is 1. The number of carbonyl (C=O) groups excluding carboxylic acids is 1. The quantitative estimate of drug-likeness (QED) is 0.603. The van der Waals surface area contributed by atoms with Crippen LogP contribution in [0, 0.1) is 22.5 Å². The number of nitro groups is 1. The Morgan fingerprint density at radius 3 is 2.62 bits per heavy atom. The van der Waals surface area contributed by atoms with E-state index >= 15 is 0 Å². The van der Waals surface area contributed by atoms with Gasteiger partial charge in [-0.1, -0.05) is 0 Å². The first-order valence-electron chi connectivity index (χ1n) is 8.10. The van der Waals surface area contributed by atoms with Crippen molar-refractivity contribution in [3.8, 4) is 5.75 Å². The van der Waals surface area contributed by atoms with Crippen molar-refractivity contribution >= 4 is 17.6 Å². The molecule has 1 saturated heterocycles. The number of likely N-dealkylation sites (tertiary alicyclic amines) is 1. The molecule has 1 atom stereocenters. The fourth-order valence-electron chi connectivity index (χ4n) is 3.32. The molecule has 1 heterocycles. The van der Waals surface area contributed by atoms with E-state index in [1.807, 2.05) is 0 Å². The van der Waals surface area contributed by atoms with Gasteiger partial charge in [0, 0.05) is 26.3 Å². The second-order valence-corrected chi connectivity index (χ2v) is 6.43. The van der Waals surface area contributed by atoms with Crippen molar-refractivity contribution in [1.82, 2.24) is 4.90 Å². The van der Waals surface area contributed by atoms with E-state index in [4.69, 9.17) is 9.47 Å². The van der Waals surface area contributed by atoms with E-state index in [2.05, 4.69) is 0 Å². The number of aliphatic carboxylic acids is 1. The Kier molecular flexibility index (Phi) is 5.81. The van der Waals surface area contributed by atoms with Gasteiger partial charge >= 0.3 is 5.97 Å². The molecule has 1 unspecified atom stereocenters. The Balaban J connectivity index is 2.38. The van der Waals surface area contributed by atoms with Crippen LogP contribution in [0.2, 0.25) is 0 Å². The first-order chi connectivity index (χ1) is 12.3. The predicted octanol–water partition coefficient (Wildman–Crippen LogP) is 1.87. The largest absolute Gasteiger partial charge is 0.496 e. The van der Waals surface area contributed by atoms with Gasteiger partial charge in [-0.3, -0.25) is 19.7 Å². The highest BCUT2D eigenvalue weighted by atomic mass is 16.6. The van der Waals surface area contributed by atoms with E-state index in [0.29, 0.717) is 24.9 Å². The van der Waals surface area contributed by atoms with Gasteiger partial charge in [-0.2, -0.15) is 0 Å². The molecular formula is C17H22N2O7. The van der Waals surface area contributed by atoms with Crippen molar-refractivity contribution < 1.29 is 29.1 Å². The molecule has 2 rings (SSSR count). The van der Waals surface area contributed by atoms with Crippen LogP contribution in [0.15, 0.2) is 12.1 Å². The predicted molar refractivity (Wildman–Crippen MR) is 91.5 cm³/mol. The van der Waals surface area contributed by atoms with Gasteiger partial charge in [0.2, 0.25) is 0 Å². The Hall–Kier alpha value is -2.68. The maximum Gasteiger partial charge on any atom is 0.313 e. The van der Waals surface area contributed by atoms with Crippen LogP contribution in [0.1, 0.15) is 28.8 Å². The highest BCUT2D eigenvalue weighted by Crippen LogP contribution is 2.34. The number of carboxylic acids is 1. The summed E-state index contributed by atoms with van der Waals surface area (Å²) in [5.74, 6) is -1.25. The third kappa shape index (κ3) is 3.62. The number of nitro benzene ring substituents is 1. The van der Waals surface area contributed by atoms with Crippen molar-refractivity contribution in [3.63, 3.8) is 0 Å². The van der Waals surface area contributed by atoms with Crippen LogP contribution in [-0.4, -0.2) is 60.7 Å². The van der Waals surface area contributed by atoms with Crippen LogP contribution >= 0.6 is 0 Å². The van der Waals surface area contributed by atoms with Crippen molar-refractivity contribution in [1.29, 1.82) is 0 Å². The second-order valence-electron chi connectivity index (χ2n) is 6.43. The maximum absolute atomic E-state index is 12.9. The van der Waals surface area contributed by atoms with E-state index in [1.54, 1.807) is 6.92 Å². The number of carboxylic acid groups (broad SMARTS) is 1. The molecule has 26 heavy (non-hydrogen) atoms. The van der Waals surface area contributed by atoms with Crippen LogP contribution in [-0.2, 0) is 9.53 Å². The molecule has 0 spiro atoms. The first kappa shape index (κ1) is 19.6. The van der Waals surface area contributed by atoms with Gasteiger partial charge in [0.15, 0.2) is 0 Å². The maximum atomic E-state index is 12.9. The molecule has 1 amide bonds. The lowest BCUT2D eigenvalue weighted by molar-refractivity contribution is -0.385. The number of carbonyl (C=O) groups is 2. The third-order valence-corrected chi connectivity index (χ3v) is 4.73. The molecule has 0 bridgehead atoms. The van der Waals surface area contributed by atoms with Gasteiger partial charge in [0.25, 0.3) is 11.6 Å². The average Bonchev–Trinajstić information content (AvgIpc) is 2.61. The van der Waals surface area contributed by atoms with Crippen molar-refractivity contribution in [2.45, 2.75) is 19.8 Å². The molecule has 1 N–H and O–H groups in total. The lowest BCUT2D eigenvalue weighted by atomic mass is 9.80. The topological polar surface area (TPSA) is 119 Å². The molecule has 1 aliphatic heterocycles. The summed E-state index contributed by atoms with van der Waals surface area (Å²) in [4.78, 5) is 36.7. The summed E-state index contributed by atoms with van der Waals surface area (Å²) in [6, 6.07) is 2.64. The van der Waals surface area contributed by atoms with Gasteiger partial charge < -0.3 is 19.5 Å². The molecule has 0 radical (unpaired) electrons.